The number of aromatic nitrogens is 3. The van der Waals surface area contributed by atoms with Crippen molar-refractivity contribution in [2.24, 2.45) is 0 Å². The van der Waals surface area contributed by atoms with Crippen molar-refractivity contribution in [3.8, 4) is 0 Å². The lowest BCUT2D eigenvalue weighted by molar-refractivity contribution is 0.930. The summed E-state index contributed by atoms with van der Waals surface area (Å²) in [4.78, 5) is 6.50. The highest BCUT2D eigenvalue weighted by molar-refractivity contribution is 5.58. The van der Waals surface area contributed by atoms with Crippen molar-refractivity contribution in [3.63, 3.8) is 0 Å². The standard InChI is InChI=1S/C18H19N5/c1-14-8-10-15(11-9-14)12-19-18-21-17(13-20-22-18)23(2)16-6-4-3-5-7-16/h3-11,13H,12H2,1-2H3,(H,19,21,22). The highest BCUT2D eigenvalue weighted by Crippen LogP contribution is 2.20. The molecule has 3 aromatic rings. The van der Waals surface area contributed by atoms with E-state index in [9.17, 15) is 0 Å². The van der Waals surface area contributed by atoms with Gasteiger partial charge in [0.1, 0.15) is 0 Å². The molecule has 0 aliphatic heterocycles. The molecule has 23 heavy (non-hydrogen) atoms. The summed E-state index contributed by atoms with van der Waals surface area (Å²) in [5, 5.41) is 11.3. The Bertz CT molecular complexity index is 756. The van der Waals surface area contributed by atoms with Gasteiger partial charge in [-0.15, -0.1) is 5.10 Å². The molecule has 0 radical (unpaired) electrons. The molecule has 0 aliphatic rings. The first-order chi connectivity index (χ1) is 11.2. The Labute approximate surface area is 136 Å². The molecule has 0 bridgehead atoms. The molecule has 0 unspecified atom stereocenters. The third-order valence-electron chi connectivity index (χ3n) is 3.60. The van der Waals surface area contributed by atoms with Crippen LogP contribution >= 0.6 is 0 Å². The third kappa shape index (κ3) is 3.83. The second-order valence-electron chi connectivity index (χ2n) is 5.37. The molecule has 0 spiro atoms. The molecule has 0 amide bonds. The molecule has 0 saturated carbocycles. The van der Waals surface area contributed by atoms with E-state index in [-0.39, 0.29) is 0 Å². The SMILES string of the molecule is Cc1ccc(CNc2nncc(N(C)c3ccccc3)n2)cc1. The highest BCUT2D eigenvalue weighted by atomic mass is 15.3. The van der Waals surface area contributed by atoms with Crippen molar-refractivity contribution in [2.45, 2.75) is 13.5 Å². The topological polar surface area (TPSA) is 53.9 Å². The number of nitrogens with zero attached hydrogens (tertiary/aromatic N) is 4. The molecule has 0 fully saturated rings. The Balaban J connectivity index is 1.71. The van der Waals surface area contributed by atoms with E-state index >= 15 is 0 Å². The second kappa shape index (κ2) is 6.87. The summed E-state index contributed by atoms with van der Waals surface area (Å²) < 4.78 is 0. The zero-order valence-corrected chi connectivity index (χ0v) is 13.3. The predicted octanol–water partition coefficient (Wildman–Crippen LogP) is 3.56. The van der Waals surface area contributed by atoms with Crippen molar-refractivity contribution < 1.29 is 0 Å². The lowest BCUT2D eigenvalue weighted by Crippen LogP contribution is -2.14. The Hall–Kier alpha value is -2.95. The largest absolute Gasteiger partial charge is 0.349 e. The molecule has 5 nitrogen and oxygen atoms in total. The van der Waals surface area contributed by atoms with Crippen molar-refractivity contribution in [3.05, 3.63) is 71.9 Å². The van der Waals surface area contributed by atoms with Crippen molar-refractivity contribution in [2.75, 3.05) is 17.3 Å². The monoisotopic (exact) mass is 305 g/mol. The van der Waals surface area contributed by atoms with Gasteiger partial charge in [0.25, 0.3) is 0 Å². The molecule has 3 rings (SSSR count). The first kappa shape index (κ1) is 15.0. The van der Waals surface area contributed by atoms with Crippen LogP contribution in [0.5, 0.6) is 0 Å². The van der Waals surface area contributed by atoms with Crippen LogP contribution in [0.2, 0.25) is 0 Å². The summed E-state index contributed by atoms with van der Waals surface area (Å²) in [6.45, 7) is 2.74. The fourth-order valence-electron chi connectivity index (χ4n) is 2.20. The van der Waals surface area contributed by atoms with Gasteiger partial charge in [-0.1, -0.05) is 48.0 Å². The van der Waals surface area contributed by atoms with Crippen molar-refractivity contribution in [1.29, 1.82) is 0 Å². The van der Waals surface area contributed by atoms with E-state index in [4.69, 9.17) is 0 Å². The highest BCUT2D eigenvalue weighted by Gasteiger charge is 2.07. The number of aryl methyl sites for hydroxylation is 1. The van der Waals surface area contributed by atoms with Crippen LogP contribution in [-0.2, 0) is 6.54 Å². The zero-order chi connectivity index (χ0) is 16.1. The van der Waals surface area contributed by atoms with Crippen LogP contribution < -0.4 is 10.2 Å². The maximum Gasteiger partial charge on any atom is 0.244 e. The van der Waals surface area contributed by atoms with Gasteiger partial charge < -0.3 is 10.2 Å². The summed E-state index contributed by atoms with van der Waals surface area (Å²) in [6, 6.07) is 18.4. The van der Waals surface area contributed by atoms with Gasteiger partial charge in [0, 0.05) is 19.3 Å². The van der Waals surface area contributed by atoms with Crippen molar-refractivity contribution in [1.82, 2.24) is 15.2 Å². The van der Waals surface area contributed by atoms with Gasteiger partial charge in [-0.3, -0.25) is 0 Å². The van der Waals surface area contributed by atoms with Crippen LogP contribution in [0.25, 0.3) is 0 Å². The number of para-hydroxylation sites is 1. The number of hydrogen-bond donors (Lipinski definition) is 1. The molecule has 116 valence electrons. The van der Waals surface area contributed by atoms with Crippen LogP contribution in [0.15, 0.2) is 60.8 Å². The van der Waals surface area contributed by atoms with Crippen molar-refractivity contribution >= 4 is 17.5 Å². The Morgan fingerprint density at radius 2 is 1.74 bits per heavy atom. The zero-order valence-electron chi connectivity index (χ0n) is 13.3. The lowest BCUT2D eigenvalue weighted by Gasteiger charge is -2.18. The van der Waals surface area contributed by atoms with E-state index < -0.39 is 0 Å². The minimum atomic E-state index is 0.519. The summed E-state index contributed by atoms with van der Waals surface area (Å²) in [5.74, 6) is 1.27. The smallest absolute Gasteiger partial charge is 0.244 e. The Morgan fingerprint density at radius 1 is 1.00 bits per heavy atom. The minimum absolute atomic E-state index is 0.519. The number of nitrogens with one attached hydrogen (secondary N) is 1. The van der Waals surface area contributed by atoms with E-state index in [1.54, 1.807) is 6.20 Å². The first-order valence-corrected chi connectivity index (χ1v) is 7.50. The Kier molecular flexibility index (Phi) is 4.47. The molecule has 0 atom stereocenters. The molecule has 1 N–H and O–H groups in total. The van der Waals surface area contributed by atoms with Gasteiger partial charge >= 0.3 is 0 Å². The normalized spacial score (nSPS) is 10.3. The predicted molar refractivity (Wildman–Crippen MR) is 92.8 cm³/mol. The summed E-state index contributed by atoms with van der Waals surface area (Å²) >= 11 is 0. The molecule has 5 heteroatoms. The summed E-state index contributed by atoms with van der Waals surface area (Å²) in [7, 11) is 1.96. The second-order valence-corrected chi connectivity index (χ2v) is 5.37. The van der Waals surface area contributed by atoms with Gasteiger partial charge in [0.2, 0.25) is 5.95 Å². The summed E-state index contributed by atoms with van der Waals surface area (Å²) in [5.41, 5.74) is 3.48. The lowest BCUT2D eigenvalue weighted by atomic mass is 10.1. The molecule has 0 aliphatic carbocycles. The van der Waals surface area contributed by atoms with Gasteiger partial charge in [0.15, 0.2) is 5.82 Å². The van der Waals surface area contributed by atoms with Gasteiger partial charge in [-0.05, 0) is 24.6 Å². The number of rotatable bonds is 5. The molecular formula is C18H19N5. The molecule has 1 aromatic heterocycles. The molecule has 2 aromatic carbocycles. The summed E-state index contributed by atoms with van der Waals surface area (Å²) in [6.07, 6.45) is 1.66. The minimum Gasteiger partial charge on any atom is -0.349 e. The van der Waals surface area contributed by atoms with Crippen LogP contribution in [0.1, 0.15) is 11.1 Å². The molecule has 0 saturated heterocycles. The van der Waals surface area contributed by atoms with Gasteiger partial charge in [-0.2, -0.15) is 10.1 Å². The van der Waals surface area contributed by atoms with Crippen LogP contribution in [0.4, 0.5) is 17.5 Å². The van der Waals surface area contributed by atoms with Gasteiger partial charge in [0.05, 0.1) is 6.20 Å². The maximum absolute atomic E-state index is 4.52. The van der Waals surface area contributed by atoms with Crippen LogP contribution in [-0.4, -0.2) is 22.2 Å². The van der Waals surface area contributed by atoms with Crippen LogP contribution in [0.3, 0.4) is 0 Å². The van der Waals surface area contributed by atoms with E-state index in [1.807, 2.05) is 42.3 Å². The fourth-order valence-corrected chi connectivity index (χ4v) is 2.20. The third-order valence-corrected chi connectivity index (χ3v) is 3.60. The van der Waals surface area contributed by atoms with E-state index in [0.717, 1.165) is 11.5 Å². The number of anilines is 3. The average Bonchev–Trinajstić information content (AvgIpc) is 2.61. The van der Waals surface area contributed by atoms with Crippen LogP contribution in [0, 0.1) is 6.92 Å². The number of benzene rings is 2. The Morgan fingerprint density at radius 3 is 2.48 bits per heavy atom. The van der Waals surface area contributed by atoms with E-state index in [1.165, 1.54) is 11.1 Å². The number of hydrogen-bond acceptors (Lipinski definition) is 5. The van der Waals surface area contributed by atoms with E-state index in [0.29, 0.717) is 12.5 Å². The van der Waals surface area contributed by atoms with E-state index in [2.05, 4.69) is 51.7 Å². The molecule has 1 heterocycles. The quantitative estimate of drug-likeness (QED) is 0.781. The fraction of sp³-hybridized carbons (Fsp3) is 0.167. The molecular weight excluding hydrogens is 286 g/mol. The maximum atomic E-state index is 4.52. The van der Waals surface area contributed by atoms with Gasteiger partial charge in [-0.25, -0.2) is 0 Å². The first-order valence-electron chi connectivity index (χ1n) is 7.50. The average molecular weight is 305 g/mol.